The van der Waals surface area contributed by atoms with E-state index in [1.54, 1.807) is 18.7 Å². The van der Waals surface area contributed by atoms with Gasteiger partial charge in [0.1, 0.15) is 12.2 Å². The summed E-state index contributed by atoms with van der Waals surface area (Å²) in [5.74, 6) is 0.0934. The second kappa shape index (κ2) is 10.8. The van der Waals surface area contributed by atoms with Crippen LogP contribution in [0.2, 0.25) is 0 Å². The quantitative estimate of drug-likeness (QED) is 0.323. The standard InChI is InChI=1S/C38H61NO8/c1-9-45-30(34(5,6)44)23-18-21(2)27-28(46-23)29(40)36(8)25-11-10-24-33(3,4)26(47-32(43)39-17-13-22(19-39)31(41)42)12-14-37(24)20-38(25,37)16-15-35(27,36)7/h21-30,40,44H,9-20H2,1-8H3,(H,41,42)/t21-,22+,23-,24+,25+,26+,27+,28+,29+,30+,35-,36-,37-,38+/m1/s1. The minimum absolute atomic E-state index is 0.0460. The van der Waals surface area contributed by atoms with Crippen molar-refractivity contribution in [2.75, 3.05) is 19.7 Å². The fourth-order valence-electron chi connectivity index (χ4n) is 14.0. The Bertz CT molecular complexity index is 1280. The molecule has 2 aliphatic heterocycles. The molecule has 7 aliphatic rings. The third kappa shape index (κ3) is 4.46. The number of aliphatic hydroxyl groups excluding tert-OH is 1. The van der Waals surface area contributed by atoms with Crippen LogP contribution in [0.4, 0.5) is 4.79 Å². The van der Waals surface area contributed by atoms with Gasteiger partial charge in [-0.2, -0.15) is 0 Å². The Morgan fingerprint density at radius 3 is 2.34 bits per heavy atom. The number of aliphatic hydroxyl groups is 2. The first-order chi connectivity index (χ1) is 21.9. The summed E-state index contributed by atoms with van der Waals surface area (Å²) in [4.78, 5) is 26.3. The van der Waals surface area contributed by atoms with Crippen molar-refractivity contribution < 1.29 is 39.1 Å². The molecule has 0 unspecified atom stereocenters. The normalized spacial score (nSPS) is 50.3. The first kappa shape index (κ1) is 34.0. The topological polar surface area (TPSA) is 126 Å². The molecule has 0 radical (unpaired) electrons. The molecule has 0 aromatic rings. The second-order valence-electron chi connectivity index (χ2n) is 18.7. The summed E-state index contributed by atoms with van der Waals surface area (Å²) in [5, 5.41) is 33.0. The van der Waals surface area contributed by atoms with E-state index in [0.29, 0.717) is 37.3 Å². The number of carbonyl (C=O) groups excluding carboxylic acids is 1. The molecule has 2 spiro atoms. The van der Waals surface area contributed by atoms with E-state index in [0.717, 1.165) is 38.5 Å². The van der Waals surface area contributed by atoms with Crippen LogP contribution in [0.25, 0.3) is 0 Å². The first-order valence-corrected chi connectivity index (χ1v) is 18.7. The van der Waals surface area contributed by atoms with Crippen LogP contribution in [-0.2, 0) is 19.0 Å². The van der Waals surface area contributed by atoms with Gasteiger partial charge in [-0.05, 0) is 118 Å². The Labute approximate surface area is 281 Å². The van der Waals surface area contributed by atoms with E-state index in [1.807, 2.05) is 6.92 Å². The van der Waals surface area contributed by atoms with E-state index in [2.05, 4.69) is 34.6 Å². The van der Waals surface area contributed by atoms with Crippen LogP contribution in [0, 0.1) is 56.7 Å². The van der Waals surface area contributed by atoms with E-state index in [4.69, 9.17) is 14.2 Å². The number of hydrogen-bond donors (Lipinski definition) is 3. The maximum atomic E-state index is 13.2. The van der Waals surface area contributed by atoms with Crippen LogP contribution in [0.5, 0.6) is 0 Å². The van der Waals surface area contributed by atoms with Crippen molar-refractivity contribution in [3.8, 4) is 0 Å². The van der Waals surface area contributed by atoms with E-state index in [1.165, 1.54) is 12.8 Å². The molecule has 0 aromatic carbocycles. The third-order valence-electron chi connectivity index (χ3n) is 16.2. The van der Waals surface area contributed by atoms with Crippen molar-refractivity contribution in [1.82, 2.24) is 4.90 Å². The number of fused-ring (bicyclic) bond motifs is 4. The number of hydrogen-bond acceptors (Lipinski definition) is 7. The largest absolute Gasteiger partial charge is 0.481 e. The van der Waals surface area contributed by atoms with E-state index in [9.17, 15) is 24.9 Å². The Balaban J connectivity index is 1.12. The minimum Gasteiger partial charge on any atom is -0.481 e. The van der Waals surface area contributed by atoms with Crippen molar-refractivity contribution >= 4 is 12.1 Å². The molecule has 0 bridgehead atoms. The summed E-state index contributed by atoms with van der Waals surface area (Å²) < 4.78 is 19.3. The number of nitrogens with zero attached hydrogens (tertiary/aromatic N) is 1. The fraction of sp³-hybridized carbons (Fsp3) is 0.947. The van der Waals surface area contributed by atoms with Gasteiger partial charge in [-0.1, -0.05) is 34.6 Å². The number of amides is 1. The van der Waals surface area contributed by atoms with Gasteiger partial charge in [0, 0.05) is 30.5 Å². The van der Waals surface area contributed by atoms with Crippen LogP contribution < -0.4 is 0 Å². The molecule has 1 amide bonds. The predicted octanol–water partition coefficient (Wildman–Crippen LogP) is 5.89. The lowest BCUT2D eigenvalue weighted by Crippen LogP contribution is -2.60. The number of carboxylic acid groups (broad SMARTS) is 1. The van der Waals surface area contributed by atoms with Crippen LogP contribution in [-0.4, -0.2) is 88.1 Å². The first-order valence-electron chi connectivity index (χ1n) is 18.7. The Morgan fingerprint density at radius 2 is 1.70 bits per heavy atom. The van der Waals surface area contributed by atoms with Gasteiger partial charge in [0.25, 0.3) is 0 Å². The van der Waals surface area contributed by atoms with Crippen molar-refractivity contribution in [3.05, 3.63) is 0 Å². The molecule has 7 rings (SSSR count). The van der Waals surface area contributed by atoms with Gasteiger partial charge >= 0.3 is 12.1 Å². The van der Waals surface area contributed by atoms with Gasteiger partial charge < -0.3 is 34.4 Å². The Hall–Kier alpha value is -1.42. The zero-order valence-electron chi connectivity index (χ0n) is 30.1. The van der Waals surface area contributed by atoms with Crippen LogP contribution in [0.1, 0.15) is 113 Å². The van der Waals surface area contributed by atoms with Gasteiger partial charge in [-0.25, -0.2) is 4.79 Å². The van der Waals surface area contributed by atoms with Crippen molar-refractivity contribution in [2.45, 2.75) is 149 Å². The molecule has 9 nitrogen and oxygen atoms in total. The van der Waals surface area contributed by atoms with E-state index < -0.39 is 29.7 Å². The predicted molar refractivity (Wildman–Crippen MR) is 175 cm³/mol. The number of carbonyl (C=O) groups is 2. The average Bonchev–Trinajstić information content (AvgIpc) is 3.28. The van der Waals surface area contributed by atoms with Gasteiger partial charge in [-0.3, -0.25) is 4.79 Å². The van der Waals surface area contributed by atoms with Crippen molar-refractivity contribution in [2.24, 2.45) is 56.7 Å². The molecular formula is C38H61NO8. The monoisotopic (exact) mass is 659 g/mol. The van der Waals surface area contributed by atoms with E-state index >= 15 is 0 Å². The molecule has 0 aromatic heterocycles. The molecule has 7 fully saturated rings. The molecule has 2 heterocycles. The lowest BCUT2D eigenvalue weighted by atomic mass is 9.41. The summed E-state index contributed by atoms with van der Waals surface area (Å²) >= 11 is 0. The molecule has 47 heavy (non-hydrogen) atoms. The molecule has 5 aliphatic carbocycles. The SMILES string of the molecule is CCO[C@@H]([C@H]1C[C@@H](C)[C@H]2[C@H](O1)[C@H](O)[C@@]1(C)[C@@H]3CC[C@H]4C(C)(C)[C@@H](OC(=O)N5CC[C@H](C(=O)O)C5)CC[C@@]45C[C@@]35CC[C@]21C)C(C)(C)O. The highest BCUT2D eigenvalue weighted by molar-refractivity contribution is 5.74. The average molecular weight is 660 g/mol. The highest BCUT2D eigenvalue weighted by Crippen LogP contribution is 2.89. The summed E-state index contributed by atoms with van der Waals surface area (Å²) in [6.45, 7) is 18.5. The molecule has 5 saturated carbocycles. The van der Waals surface area contributed by atoms with Crippen LogP contribution in [0.15, 0.2) is 0 Å². The second-order valence-corrected chi connectivity index (χ2v) is 18.7. The number of likely N-dealkylation sites (tertiary alicyclic amines) is 1. The number of ether oxygens (including phenoxy) is 3. The van der Waals surface area contributed by atoms with Crippen molar-refractivity contribution in [1.29, 1.82) is 0 Å². The highest BCUT2D eigenvalue weighted by Gasteiger charge is 2.84. The molecule has 14 atom stereocenters. The summed E-state index contributed by atoms with van der Waals surface area (Å²) in [5.41, 5.74) is -1.16. The van der Waals surface area contributed by atoms with E-state index in [-0.39, 0.29) is 63.9 Å². The Kier molecular flexibility index (Phi) is 7.82. The summed E-state index contributed by atoms with van der Waals surface area (Å²) in [6.07, 6.45) is 6.66. The number of carboxylic acids is 1. The lowest BCUT2D eigenvalue weighted by Gasteiger charge is -2.63. The Morgan fingerprint density at radius 1 is 1.02 bits per heavy atom. The summed E-state index contributed by atoms with van der Waals surface area (Å²) in [7, 11) is 0. The maximum absolute atomic E-state index is 13.2. The smallest absolute Gasteiger partial charge is 0.410 e. The zero-order chi connectivity index (χ0) is 34.1. The third-order valence-corrected chi connectivity index (χ3v) is 16.2. The molecule has 3 N–H and O–H groups in total. The highest BCUT2D eigenvalue weighted by atomic mass is 16.6. The minimum atomic E-state index is -1.05. The zero-order valence-corrected chi connectivity index (χ0v) is 30.1. The number of aliphatic carboxylic acids is 1. The van der Waals surface area contributed by atoms with Crippen LogP contribution in [0.3, 0.4) is 0 Å². The van der Waals surface area contributed by atoms with Gasteiger partial charge in [0.05, 0.1) is 29.8 Å². The molecule has 2 saturated heterocycles. The van der Waals surface area contributed by atoms with Gasteiger partial charge in [0.2, 0.25) is 0 Å². The van der Waals surface area contributed by atoms with Crippen molar-refractivity contribution in [3.63, 3.8) is 0 Å². The molecule has 266 valence electrons. The van der Waals surface area contributed by atoms with Gasteiger partial charge in [0.15, 0.2) is 0 Å². The fourth-order valence-corrected chi connectivity index (χ4v) is 14.0. The van der Waals surface area contributed by atoms with Crippen LogP contribution >= 0.6 is 0 Å². The maximum Gasteiger partial charge on any atom is 0.410 e. The number of rotatable bonds is 6. The lowest BCUT2D eigenvalue weighted by molar-refractivity contribution is -0.215. The molecular weight excluding hydrogens is 598 g/mol. The summed E-state index contributed by atoms with van der Waals surface area (Å²) in [6, 6.07) is 0. The molecule has 9 heteroatoms. The van der Waals surface area contributed by atoms with Gasteiger partial charge in [-0.15, -0.1) is 0 Å².